The number of hydrogen-bond acceptors (Lipinski definition) is 3. The molecule has 17 heavy (non-hydrogen) atoms. The Balaban J connectivity index is 2.76. The van der Waals surface area contributed by atoms with Gasteiger partial charge < -0.3 is 14.9 Å². The summed E-state index contributed by atoms with van der Waals surface area (Å²) in [6.07, 6.45) is 1.64. The summed E-state index contributed by atoms with van der Waals surface area (Å²) in [5, 5.41) is 18.0. The zero-order chi connectivity index (χ0) is 12.7. The summed E-state index contributed by atoms with van der Waals surface area (Å²) in [5.74, 6) is 0. The maximum atomic E-state index is 9.37. The summed E-state index contributed by atoms with van der Waals surface area (Å²) in [4.78, 5) is 0. The summed E-state index contributed by atoms with van der Waals surface area (Å²) in [6, 6.07) is 4.21. The molecule has 0 radical (unpaired) electrons. The SMILES string of the molecule is CCc1cc(C)c(CO)c(COCCCO)c1. The Hall–Kier alpha value is -0.900. The molecule has 0 heterocycles. The average molecular weight is 238 g/mol. The minimum Gasteiger partial charge on any atom is -0.396 e. The fourth-order valence-electron chi connectivity index (χ4n) is 1.88. The molecule has 0 bridgehead atoms. The maximum absolute atomic E-state index is 9.37. The third-order valence-corrected chi connectivity index (χ3v) is 2.90. The van der Waals surface area contributed by atoms with E-state index in [0.29, 0.717) is 19.6 Å². The second kappa shape index (κ2) is 7.43. The Bertz CT molecular complexity index is 348. The highest BCUT2D eigenvalue weighted by atomic mass is 16.5. The van der Waals surface area contributed by atoms with E-state index >= 15 is 0 Å². The van der Waals surface area contributed by atoms with Crippen LogP contribution in [0.4, 0.5) is 0 Å². The molecule has 0 aliphatic heterocycles. The van der Waals surface area contributed by atoms with Gasteiger partial charge in [0.15, 0.2) is 0 Å². The fourth-order valence-corrected chi connectivity index (χ4v) is 1.88. The van der Waals surface area contributed by atoms with Gasteiger partial charge in [-0.3, -0.25) is 0 Å². The number of aliphatic hydroxyl groups is 2. The van der Waals surface area contributed by atoms with E-state index in [4.69, 9.17) is 9.84 Å². The van der Waals surface area contributed by atoms with Crippen molar-refractivity contribution in [2.75, 3.05) is 13.2 Å². The topological polar surface area (TPSA) is 49.7 Å². The predicted octanol–water partition coefficient (Wildman–Crippen LogP) is 1.95. The first kappa shape index (κ1) is 14.2. The lowest BCUT2D eigenvalue weighted by Gasteiger charge is -2.13. The Kier molecular flexibility index (Phi) is 6.19. The van der Waals surface area contributed by atoms with Crippen LogP contribution >= 0.6 is 0 Å². The van der Waals surface area contributed by atoms with Crippen molar-refractivity contribution >= 4 is 0 Å². The molecule has 0 aliphatic rings. The summed E-state index contributed by atoms with van der Waals surface area (Å²) in [7, 11) is 0. The van der Waals surface area contributed by atoms with Crippen LogP contribution in [-0.2, 0) is 24.4 Å². The number of benzene rings is 1. The van der Waals surface area contributed by atoms with Crippen LogP contribution in [0.25, 0.3) is 0 Å². The zero-order valence-electron chi connectivity index (χ0n) is 10.7. The first-order chi connectivity index (χ1) is 8.22. The van der Waals surface area contributed by atoms with E-state index in [0.717, 1.165) is 23.1 Å². The van der Waals surface area contributed by atoms with Crippen molar-refractivity contribution in [3.05, 3.63) is 34.4 Å². The van der Waals surface area contributed by atoms with Crippen molar-refractivity contribution in [1.82, 2.24) is 0 Å². The van der Waals surface area contributed by atoms with Gasteiger partial charge in [0.05, 0.1) is 13.2 Å². The number of ether oxygens (including phenoxy) is 1. The van der Waals surface area contributed by atoms with Crippen LogP contribution in [0.3, 0.4) is 0 Å². The van der Waals surface area contributed by atoms with Gasteiger partial charge in [0, 0.05) is 13.2 Å². The molecule has 0 amide bonds. The third-order valence-electron chi connectivity index (χ3n) is 2.90. The molecule has 3 heteroatoms. The number of aryl methyl sites for hydroxylation is 2. The van der Waals surface area contributed by atoms with E-state index < -0.39 is 0 Å². The van der Waals surface area contributed by atoms with Crippen molar-refractivity contribution in [3.8, 4) is 0 Å². The molecule has 0 saturated carbocycles. The van der Waals surface area contributed by atoms with Crippen molar-refractivity contribution in [1.29, 1.82) is 0 Å². The second-order valence-corrected chi connectivity index (χ2v) is 4.19. The van der Waals surface area contributed by atoms with E-state index in [1.807, 2.05) is 6.92 Å². The van der Waals surface area contributed by atoms with E-state index in [-0.39, 0.29) is 13.2 Å². The molecule has 1 aromatic carbocycles. The lowest BCUT2D eigenvalue weighted by Crippen LogP contribution is -2.04. The van der Waals surface area contributed by atoms with Crippen molar-refractivity contribution in [2.45, 2.75) is 39.9 Å². The molecule has 0 atom stereocenters. The fraction of sp³-hybridized carbons (Fsp3) is 0.571. The Morgan fingerprint density at radius 1 is 1.24 bits per heavy atom. The van der Waals surface area contributed by atoms with E-state index in [2.05, 4.69) is 19.1 Å². The highest BCUT2D eigenvalue weighted by Gasteiger charge is 2.07. The Labute approximate surface area is 103 Å². The minimum atomic E-state index is 0.0501. The van der Waals surface area contributed by atoms with Gasteiger partial charge in [-0.05, 0) is 42.0 Å². The van der Waals surface area contributed by atoms with Gasteiger partial charge in [0.1, 0.15) is 0 Å². The quantitative estimate of drug-likeness (QED) is 0.714. The molecule has 96 valence electrons. The molecule has 3 nitrogen and oxygen atoms in total. The molecular formula is C14H22O3. The van der Waals surface area contributed by atoms with Crippen LogP contribution in [0, 0.1) is 6.92 Å². The lowest BCUT2D eigenvalue weighted by atomic mass is 9.98. The van der Waals surface area contributed by atoms with Gasteiger partial charge in [0.25, 0.3) is 0 Å². The molecule has 1 aromatic rings. The number of rotatable bonds is 7. The van der Waals surface area contributed by atoms with Crippen molar-refractivity contribution in [2.24, 2.45) is 0 Å². The monoisotopic (exact) mass is 238 g/mol. The van der Waals surface area contributed by atoms with Crippen LogP contribution in [0.15, 0.2) is 12.1 Å². The summed E-state index contributed by atoms with van der Waals surface area (Å²) >= 11 is 0. The third kappa shape index (κ3) is 4.11. The number of hydrogen-bond donors (Lipinski definition) is 2. The summed E-state index contributed by atoms with van der Waals surface area (Å²) in [6.45, 7) is 5.39. The minimum absolute atomic E-state index is 0.0501. The Morgan fingerprint density at radius 2 is 2.00 bits per heavy atom. The van der Waals surface area contributed by atoms with Crippen molar-refractivity contribution in [3.63, 3.8) is 0 Å². The zero-order valence-corrected chi connectivity index (χ0v) is 10.7. The van der Waals surface area contributed by atoms with Gasteiger partial charge in [-0.2, -0.15) is 0 Å². The van der Waals surface area contributed by atoms with Crippen LogP contribution < -0.4 is 0 Å². The molecule has 0 unspecified atom stereocenters. The van der Waals surface area contributed by atoms with E-state index in [1.165, 1.54) is 5.56 Å². The van der Waals surface area contributed by atoms with Gasteiger partial charge in [-0.25, -0.2) is 0 Å². The Morgan fingerprint density at radius 3 is 2.59 bits per heavy atom. The van der Waals surface area contributed by atoms with Gasteiger partial charge in [-0.15, -0.1) is 0 Å². The molecule has 0 aromatic heterocycles. The molecule has 0 saturated heterocycles. The van der Waals surface area contributed by atoms with Crippen LogP contribution in [0.2, 0.25) is 0 Å². The second-order valence-electron chi connectivity index (χ2n) is 4.19. The maximum Gasteiger partial charge on any atom is 0.0720 e. The van der Waals surface area contributed by atoms with Crippen LogP contribution in [0.5, 0.6) is 0 Å². The van der Waals surface area contributed by atoms with E-state index in [1.54, 1.807) is 0 Å². The van der Waals surface area contributed by atoms with Gasteiger partial charge >= 0.3 is 0 Å². The van der Waals surface area contributed by atoms with Gasteiger partial charge in [0.2, 0.25) is 0 Å². The molecule has 0 aliphatic carbocycles. The lowest BCUT2D eigenvalue weighted by molar-refractivity contribution is 0.103. The standard InChI is InChI=1S/C14H22O3/c1-3-12-7-11(2)14(9-16)13(8-12)10-17-6-4-5-15/h7-8,15-16H,3-6,9-10H2,1-2H3. The molecule has 1 rings (SSSR count). The highest BCUT2D eigenvalue weighted by Crippen LogP contribution is 2.19. The largest absolute Gasteiger partial charge is 0.396 e. The molecular weight excluding hydrogens is 216 g/mol. The smallest absolute Gasteiger partial charge is 0.0720 e. The predicted molar refractivity (Wildman–Crippen MR) is 67.8 cm³/mol. The highest BCUT2D eigenvalue weighted by molar-refractivity contribution is 5.38. The molecule has 0 fully saturated rings. The van der Waals surface area contributed by atoms with Crippen molar-refractivity contribution < 1.29 is 14.9 Å². The average Bonchev–Trinajstić information content (AvgIpc) is 2.34. The van der Waals surface area contributed by atoms with Gasteiger partial charge in [-0.1, -0.05) is 19.1 Å². The summed E-state index contributed by atoms with van der Waals surface area (Å²) < 4.78 is 5.49. The first-order valence-electron chi connectivity index (χ1n) is 6.13. The molecule has 0 spiro atoms. The van der Waals surface area contributed by atoms with E-state index in [9.17, 15) is 5.11 Å². The van der Waals surface area contributed by atoms with Crippen LogP contribution in [0.1, 0.15) is 35.6 Å². The molecule has 2 N–H and O–H groups in total. The summed E-state index contributed by atoms with van der Waals surface area (Å²) in [5.41, 5.74) is 4.40. The first-order valence-corrected chi connectivity index (χ1v) is 6.13. The van der Waals surface area contributed by atoms with Crippen LogP contribution in [-0.4, -0.2) is 23.4 Å². The number of aliphatic hydroxyl groups excluding tert-OH is 2. The normalized spacial score (nSPS) is 10.8.